The molecule has 0 saturated heterocycles. The van der Waals surface area contributed by atoms with Crippen LogP contribution >= 0.6 is 0 Å². The summed E-state index contributed by atoms with van der Waals surface area (Å²) in [6.45, 7) is 10.4. The summed E-state index contributed by atoms with van der Waals surface area (Å²) < 4.78 is 0. The Labute approximate surface area is 92.5 Å². The molecule has 0 N–H and O–H groups in total. The van der Waals surface area contributed by atoms with Crippen LogP contribution in [0.2, 0.25) is 0 Å². The largest absolute Gasteiger partial charge is 0.245 e. The van der Waals surface area contributed by atoms with Crippen LogP contribution in [0.25, 0.3) is 0 Å². The topological polar surface area (TPSA) is 25.8 Å². The first-order chi connectivity index (χ1) is 7.11. The van der Waals surface area contributed by atoms with Crippen LogP contribution in [0.5, 0.6) is 0 Å². The van der Waals surface area contributed by atoms with E-state index < -0.39 is 0 Å². The van der Waals surface area contributed by atoms with E-state index in [1.165, 1.54) is 11.3 Å². The van der Waals surface area contributed by atoms with Crippen molar-refractivity contribution in [2.24, 2.45) is 0 Å². The first-order valence-electron chi connectivity index (χ1n) is 5.52. The summed E-state index contributed by atoms with van der Waals surface area (Å²) in [5.41, 5.74) is 2.57. The molecule has 15 heavy (non-hydrogen) atoms. The van der Waals surface area contributed by atoms with Crippen molar-refractivity contribution in [1.29, 1.82) is 0 Å². The predicted octanol–water partition coefficient (Wildman–Crippen LogP) is 3.28. The average Bonchev–Trinajstić information content (AvgIpc) is 2.26. The van der Waals surface area contributed by atoms with Gasteiger partial charge in [-0.25, -0.2) is 9.97 Å². The van der Waals surface area contributed by atoms with Gasteiger partial charge in [0, 0.05) is 11.6 Å². The van der Waals surface area contributed by atoms with Gasteiger partial charge in [-0.1, -0.05) is 26.8 Å². The van der Waals surface area contributed by atoms with Crippen LogP contribution < -0.4 is 0 Å². The maximum Gasteiger partial charge on any atom is 0.115 e. The van der Waals surface area contributed by atoms with Crippen molar-refractivity contribution < 1.29 is 0 Å². The van der Waals surface area contributed by atoms with Gasteiger partial charge in [0.1, 0.15) is 6.33 Å². The van der Waals surface area contributed by atoms with Gasteiger partial charge in [0.2, 0.25) is 0 Å². The van der Waals surface area contributed by atoms with Gasteiger partial charge in [0.05, 0.1) is 5.69 Å². The zero-order chi connectivity index (χ0) is 11.3. The molecule has 0 amide bonds. The highest BCUT2D eigenvalue weighted by molar-refractivity contribution is 5.24. The second kappa shape index (κ2) is 5.06. The molecule has 2 heteroatoms. The van der Waals surface area contributed by atoms with Crippen LogP contribution in [0.4, 0.5) is 0 Å². The summed E-state index contributed by atoms with van der Waals surface area (Å²) >= 11 is 0. The van der Waals surface area contributed by atoms with Crippen molar-refractivity contribution in [2.45, 2.75) is 45.4 Å². The molecule has 0 spiro atoms. The third kappa shape index (κ3) is 2.88. The van der Waals surface area contributed by atoms with Crippen molar-refractivity contribution >= 4 is 0 Å². The van der Waals surface area contributed by atoms with Crippen LogP contribution in [-0.2, 0) is 11.8 Å². The van der Waals surface area contributed by atoms with E-state index in [2.05, 4.69) is 37.3 Å². The minimum absolute atomic E-state index is 0.138. The third-order valence-corrected chi connectivity index (χ3v) is 2.93. The summed E-state index contributed by atoms with van der Waals surface area (Å²) in [5.74, 6) is 0. The molecule has 0 aromatic carbocycles. The fraction of sp³-hybridized carbons (Fsp3) is 0.538. The normalized spacial score (nSPS) is 11.4. The number of hydrogen-bond acceptors (Lipinski definition) is 2. The van der Waals surface area contributed by atoms with Gasteiger partial charge in [0.15, 0.2) is 0 Å². The van der Waals surface area contributed by atoms with E-state index in [-0.39, 0.29) is 5.41 Å². The van der Waals surface area contributed by atoms with Crippen molar-refractivity contribution in [2.75, 3.05) is 0 Å². The molecule has 1 aromatic heterocycles. The summed E-state index contributed by atoms with van der Waals surface area (Å²) in [6.07, 6.45) is 8.58. The minimum atomic E-state index is 0.138. The molecular weight excluding hydrogens is 184 g/mol. The lowest BCUT2D eigenvalue weighted by molar-refractivity contribution is 0.483. The number of aromatic nitrogens is 2. The second-order valence-electron chi connectivity index (χ2n) is 4.46. The predicted molar refractivity (Wildman–Crippen MR) is 63.9 cm³/mol. The smallest absolute Gasteiger partial charge is 0.115 e. The van der Waals surface area contributed by atoms with Crippen LogP contribution in [0.15, 0.2) is 25.2 Å². The van der Waals surface area contributed by atoms with Crippen molar-refractivity contribution in [3.63, 3.8) is 0 Å². The first kappa shape index (κ1) is 11.9. The van der Waals surface area contributed by atoms with Crippen LogP contribution in [-0.4, -0.2) is 9.97 Å². The highest BCUT2D eigenvalue weighted by Crippen LogP contribution is 2.27. The van der Waals surface area contributed by atoms with Crippen molar-refractivity contribution in [1.82, 2.24) is 9.97 Å². The van der Waals surface area contributed by atoms with Gasteiger partial charge in [-0.2, -0.15) is 0 Å². The summed E-state index contributed by atoms with van der Waals surface area (Å²) in [6, 6.07) is 0. The Hall–Kier alpha value is -1.18. The van der Waals surface area contributed by atoms with E-state index in [9.17, 15) is 0 Å². The summed E-state index contributed by atoms with van der Waals surface area (Å²) in [7, 11) is 0. The zero-order valence-corrected chi connectivity index (χ0v) is 9.95. The van der Waals surface area contributed by atoms with E-state index >= 15 is 0 Å². The Balaban J connectivity index is 3.00. The molecule has 0 saturated carbocycles. The van der Waals surface area contributed by atoms with Crippen molar-refractivity contribution in [3.05, 3.63) is 36.4 Å². The maximum absolute atomic E-state index is 4.43. The lowest BCUT2D eigenvalue weighted by atomic mass is 9.83. The molecule has 0 bridgehead atoms. The third-order valence-electron chi connectivity index (χ3n) is 2.93. The molecule has 1 heterocycles. The van der Waals surface area contributed by atoms with Gasteiger partial charge in [-0.05, 0) is 24.8 Å². The van der Waals surface area contributed by atoms with Crippen LogP contribution in [0.1, 0.15) is 44.9 Å². The highest BCUT2D eigenvalue weighted by Gasteiger charge is 2.22. The monoisotopic (exact) mass is 204 g/mol. The molecule has 82 valence electrons. The standard InChI is InChI=1S/C13H20N2/c1-5-7-8-11-9-14-10-15-12(11)13(3,4)6-2/h5,9-10H,1,6-8H2,2-4H3. The molecule has 0 aliphatic heterocycles. The molecule has 0 fully saturated rings. The Morgan fingerprint density at radius 2 is 2.20 bits per heavy atom. The Bertz CT molecular complexity index is 329. The molecule has 1 rings (SSSR count). The fourth-order valence-corrected chi connectivity index (χ4v) is 1.58. The lowest BCUT2D eigenvalue weighted by Crippen LogP contribution is -2.20. The van der Waals surface area contributed by atoms with Crippen LogP contribution in [0, 0.1) is 0 Å². The summed E-state index contributed by atoms with van der Waals surface area (Å²) in [5, 5.41) is 0. The van der Waals surface area contributed by atoms with Crippen LogP contribution in [0.3, 0.4) is 0 Å². The molecular formula is C13H20N2. The summed E-state index contributed by atoms with van der Waals surface area (Å²) in [4.78, 5) is 8.53. The van der Waals surface area contributed by atoms with E-state index in [4.69, 9.17) is 0 Å². The van der Waals surface area contributed by atoms with Crippen molar-refractivity contribution in [3.8, 4) is 0 Å². The molecule has 0 aliphatic rings. The Kier molecular flexibility index (Phi) is 4.01. The molecule has 0 radical (unpaired) electrons. The molecule has 2 nitrogen and oxygen atoms in total. The molecule has 0 atom stereocenters. The molecule has 1 aromatic rings. The van der Waals surface area contributed by atoms with Gasteiger partial charge in [0.25, 0.3) is 0 Å². The Morgan fingerprint density at radius 1 is 1.47 bits per heavy atom. The highest BCUT2D eigenvalue weighted by atomic mass is 14.8. The van der Waals surface area contributed by atoms with E-state index in [1.54, 1.807) is 6.33 Å². The Morgan fingerprint density at radius 3 is 2.80 bits per heavy atom. The van der Waals surface area contributed by atoms with Gasteiger partial charge >= 0.3 is 0 Å². The number of hydrogen-bond donors (Lipinski definition) is 0. The van der Waals surface area contributed by atoms with E-state index in [1.807, 2.05) is 12.3 Å². The van der Waals surface area contributed by atoms with E-state index in [0.717, 1.165) is 19.3 Å². The first-order valence-corrected chi connectivity index (χ1v) is 5.52. The lowest BCUT2D eigenvalue weighted by Gasteiger charge is -2.24. The number of aryl methyl sites for hydroxylation is 1. The minimum Gasteiger partial charge on any atom is -0.245 e. The van der Waals surface area contributed by atoms with Gasteiger partial charge in [-0.15, -0.1) is 6.58 Å². The number of nitrogens with zero attached hydrogens (tertiary/aromatic N) is 2. The van der Waals surface area contributed by atoms with E-state index in [0.29, 0.717) is 0 Å². The fourth-order valence-electron chi connectivity index (χ4n) is 1.58. The average molecular weight is 204 g/mol. The molecule has 0 unspecified atom stereocenters. The number of rotatable bonds is 5. The van der Waals surface area contributed by atoms with Gasteiger partial charge in [-0.3, -0.25) is 0 Å². The second-order valence-corrected chi connectivity index (χ2v) is 4.46. The molecule has 0 aliphatic carbocycles. The SMILES string of the molecule is C=CCCc1cncnc1C(C)(C)CC. The van der Waals surface area contributed by atoms with Gasteiger partial charge < -0.3 is 0 Å². The maximum atomic E-state index is 4.43. The number of allylic oxidation sites excluding steroid dienone is 1. The zero-order valence-electron chi connectivity index (χ0n) is 9.95. The quantitative estimate of drug-likeness (QED) is 0.688.